The van der Waals surface area contributed by atoms with Gasteiger partial charge in [0.1, 0.15) is 5.82 Å². The van der Waals surface area contributed by atoms with E-state index in [1.807, 2.05) is 13.0 Å². The average Bonchev–Trinajstić information content (AvgIpc) is 2.88. The van der Waals surface area contributed by atoms with Gasteiger partial charge in [-0.05, 0) is 67.2 Å². The Labute approximate surface area is 102 Å². The van der Waals surface area contributed by atoms with E-state index in [4.69, 9.17) is 5.73 Å². The summed E-state index contributed by atoms with van der Waals surface area (Å²) in [7, 11) is 0. The minimum absolute atomic E-state index is 0.0275. The van der Waals surface area contributed by atoms with E-state index in [-0.39, 0.29) is 11.9 Å². The predicted octanol–water partition coefficient (Wildman–Crippen LogP) is 3.57. The van der Waals surface area contributed by atoms with Gasteiger partial charge in [-0.2, -0.15) is 0 Å². The molecule has 0 radical (unpaired) electrons. The fraction of sp³-hybridized carbons (Fsp3) is 0.600. The van der Waals surface area contributed by atoms with E-state index in [2.05, 4.69) is 0 Å². The van der Waals surface area contributed by atoms with Gasteiger partial charge in [-0.3, -0.25) is 0 Å². The van der Waals surface area contributed by atoms with Gasteiger partial charge in [-0.1, -0.05) is 12.5 Å². The Hall–Kier alpha value is -0.890. The zero-order chi connectivity index (χ0) is 12.0. The molecule has 2 bridgehead atoms. The van der Waals surface area contributed by atoms with Gasteiger partial charge < -0.3 is 5.73 Å². The van der Waals surface area contributed by atoms with E-state index in [0.29, 0.717) is 5.92 Å². The number of rotatable bonds is 2. The topological polar surface area (TPSA) is 26.0 Å². The SMILES string of the molecule is Cc1cc(F)cc(C(N)C2CC3CCC2C3)c1. The van der Waals surface area contributed by atoms with Crippen LogP contribution in [0.4, 0.5) is 4.39 Å². The maximum Gasteiger partial charge on any atom is 0.123 e. The molecule has 0 amide bonds. The van der Waals surface area contributed by atoms with Gasteiger partial charge in [0.2, 0.25) is 0 Å². The zero-order valence-corrected chi connectivity index (χ0v) is 10.3. The van der Waals surface area contributed by atoms with Gasteiger partial charge in [0.15, 0.2) is 0 Å². The van der Waals surface area contributed by atoms with Crippen LogP contribution < -0.4 is 5.73 Å². The van der Waals surface area contributed by atoms with Crippen LogP contribution in [0.15, 0.2) is 18.2 Å². The first kappa shape index (κ1) is 11.2. The third-order valence-electron chi connectivity index (χ3n) is 4.70. The highest BCUT2D eigenvalue weighted by Gasteiger charge is 2.42. The third-order valence-corrected chi connectivity index (χ3v) is 4.70. The van der Waals surface area contributed by atoms with Crippen LogP contribution in [0.5, 0.6) is 0 Å². The molecule has 2 N–H and O–H groups in total. The van der Waals surface area contributed by atoms with Crippen molar-refractivity contribution in [1.82, 2.24) is 0 Å². The lowest BCUT2D eigenvalue weighted by molar-refractivity contribution is 0.284. The second kappa shape index (κ2) is 4.09. The number of hydrogen-bond acceptors (Lipinski definition) is 1. The van der Waals surface area contributed by atoms with Crippen molar-refractivity contribution in [1.29, 1.82) is 0 Å². The van der Waals surface area contributed by atoms with Crippen molar-refractivity contribution in [3.05, 3.63) is 35.1 Å². The molecule has 0 heterocycles. The summed E-state index contributed by atoms with van der Waals surface area (Å²) >= 11 is 0. The Morgan fingerprint density at radius 2 is 2.06 bits per heavy atom. The number of hydrogen-bond donors (Lipinski definition) is 1. The molecule has 17 heavy (non-hydrogen) atoms. The Kier molecular flexibility index (Phi) is 2.70. The lowest BCUT2D eigenvalue weighted by Crippen LogP contribution is -2.26. The molecular formula is C15H20FN. The summed E-state index contributed by atoms with van der Waals surface area (Å²) in [5.74, 6) is 2.11. The summed E-state index contributed by atoms with van der Waals surface area (Å²) in [5, 5.41) is 0. The van der Waals surface area contributed by atoms with Crippen molar-refractivity contribution >= 4 is 0 Å². The maximum atomic E-state index is 13.4. The molecule has 2 aliphatic carbocycles. The van der Waals surface area contributed by atoms with E-state index in [1.54, 1.807) is 12.1 Å². The van der Waals surface area contributed by atoms with Crippen molar-refractivity contribution in [2.75, 3.05) is 0 Å². The quantitative estimate of drug-likeness (QED) is 0.830. The van der Waals surface area contributed by atoms with E-state index < -0.39 is 0 Å². The summed E-state index contributed by atoms with van der Waals surface area (Å²) in [6.45, 7) is 1.93. The van der Waals surface area contributed by atoms with E-state index >= 15 is 0 Å². The van der Waals surface area contributed by atoms with Gasteiger partial charge in [0.25, 0.3) is 0 Å². The molecule has 4 atom stereocenters. The lowest BCUT2D eigenvalue weighted by atomic mass is 9.81. The first-order chi connectivity index (χ1) is 8.13. The highest BCUT2D eigenvalue weighted by molar-refractivity contribution is 5.27. The van der Waals surface area contributed by atoms with Crippen LogP contribution in [0.1, 0.15) is 42.9 Å². The minimum Gasteiger partial charge on any atom is -0.324 e. The number of benzene rings is 1. The molecule has 0 aromatic heterocycles. The highest BCUT2D eigenvalue weighted by atomic mass is 19.1. The van der Waals surface area contributed by atoms with Crippen LogP contribution in [0.3, 0.4) is 0 Å². The second-order valence-corrected chi connectivity index (χ2v) is 5.93. The van der Waals surface area contributed by atoms with Crippen LogP contribution in [-0.2, 0) is 0 Å². The van der Waals surface area contributed by atoms with Crippen molar-refractivity contribution in [3.8, 4) is 0 Å². The summed E-state index contributed by atoms with van der Waals surface area (Å²) in [4.78, 5) is 0. The molecule has 2 saturated carbocycles. The van der Waals surface area contributed by atoms with Crippen LogP contribution >= 0.6 is 0 Å². The molecule has 1 aromatic carbocycles. The lowest BCUT2D eigenvalue weighted by Gasteiger charge is -2.28. The molecule has 1 aromatic rings. The fourth-order valence-corrected chi connectivity index (χ4v) is 3.94. The molecule has 3 rings (SSSR count). The molecule has 2 aliphatic rings. The standard InChI is InChI=1S/C15H20FN/c1-9-4-12(8-13(16)5-9)15(17)14-7-10-2-3-11(14)6-10/h4-5,8,10-11,14-15H,2-3,6-7,17H2,1H3. The van der Waals surface area contributed by atoms with Crippen molar-refractivity contribution < 1.29 is 4.39 Å². The number of nitrogens with two attached hydrogens (primary N) is 1. The van der Waals surface area contributed by atoms with Crippen LogP contribution in [0.25, 0.3) is 0 Å². The summed E-state index contributed by atoms with van der Waals surface area (Å²) in [6.07, 6.45) is 5.32. The first-order valence-electron chi connectivity index (χ1n) is 6.66. The Bertz CT molecular complexity index is 409. The molecule has 0 saturated heterocycles. The Morgan fingerprint density at radius 1 is 1.24 bits per heavy atom. The van der Waals surface area contributed by atoms with E-state index in [1.165, 1.54) is 25.7 Å². The molecular weight excluding hydrogens is 213 g/mol. The average molecular weight is 233 g/mol. The van der Waals surface area contributed by atoms with Crippen LogP contribution in [-0.4, -0.2) is 0 Å². The van der Waals surface area contributed by atoms with Gasteiger partial charge in [0.05, 0.1) is 0 Å². The van der Waals surface area contributed by atoms with E-state index in [9.17, 15) is 4.39 Å². The minimum atomic E-state index is -0.154. The largest absolute Gasteiger partial charge is 0.324 e. The van der Waals surface area contributed by atoms with Crippen molar-refractivity contribution in [2.24, 2.45) is 23.5 Å². The van der Waals surface area contributed by atoms with Crippen molar-refractivity contribution in [3.63, 3.8) is 0 Å². The molecule has 0 aliphatic heterocycles. The summed E-state index contributed by atoms with van der Waals surface area (Å²) < 4.78 is 13.4. The van der Waals surface area contributed by atoms with Gasteiger partial charge in [-0.15, -0.1) is 0 Å². The van der Waals surface area contributed by atoms with Crippen LogP contribution in [0.2, 0.25) is 0 Å². The normalized spacial score (nSPS) is 33.0. The van der Waals surface area contributed by atoms with Gasteiger partial charge in [-0.25, -0.2) is 4.39 Å². The van der Waals surface area contributed by atoms with Crippen molar-refractivity contribution in [2.45, 2.75) is 38.6 Å². The third kappa shape index (κ3) is 1.99. The monoisotopic (exact) mass is 233 g/mol. The fourth-order valence-electron chi connectivity index (χ4n) is 3.94. The number of aryl methyl sites for hydroxylation is 1. The zero-order valence-electron chi connectivity index (χ0n) is 10.3. The Morgan fingerprint density at radius 3 is 2.65 bits per heavy atom. The molecule has 2 fully saturated rings. The molecule has 0 spiro atoms. The maximum absolute atomic E-state index is 13.4. The van der Waals surface area contributed by atoms with Gasteiger partial charge >= 0.3 is 0 Å². The van der Waals surface area contributed by atoms with Gasteiger partial charge in [0, 0.05) is 6.04 Å². The second-order valence-electron chi connectivity index (χ2n) is 5.93. The number of halogens is 1. The smallest absolute Gasteiger partial charge is 0.123 e. The molecule has 4 unspecified atom stereocenters. The van der Waals surface area contributed by atoms with E-state index in [0.717, 1.165) is 23.0 Å². The number of fused-ring (bicyclic) bond motifs is 2. The molecule has 92 valence electrons. The molecule has 2 heteroatoms. The Balaban J connectivity index is 1.83. The molecule has 1 nitrogen and oxygen atoms in total. The summed E-state index contributed by atoms with van der Waals surface area (Å²) in [6, 6.07) is 5.25. The van der Waals surface area contributed by atoms with Crippen LogP contribution in [0, 0.1) is 30.5 Å². The predicted molar refractivity (Wildman–Crippen MR) is 67.0 cm³/mol. The summed E-state index contributed by atoms with van der Waals surface area (Å²) in [5.41, 5.74) is 8.32. The first-order valence-corrected chi connectivity index (χ1v) is 6.66. The highest BCUT2D eigenvalue weighted by Crippen LogP contribution is 2.51.